The van der Waals surface area contributed by atoms with Gasteiger partial charge in [-0.1, -0.05) is 78.4 Å². The van der Waals surface area contributed by atoms with Crippen LogP contribution in [0.2, 0.25) is 0 Å². The highest BCUT2D eigenvalue weighted by atomic mass is 16.4. The first-order chi connectivity index (χ1) is 18.2. The molecule has 7 nitrogen and oxygen atoms in total. The Balaban J connectivity index is 5.08. The summed E-state index contributed by atoms with van der Waals surface area (Å²) >= 11 is 0. The van der Waals surface area contributed by atoms with Crippen molar-refractivity contribution in [2.75, 3.05) is 26.2 Å². The topological polar surface area (TPSA) is 112 Å². The van der Waals surface area contributed by atoms with Crippen LogP contribution < -0.4 is 0 Å². The molecular formula is C31H58NO6+. The number of nitrogens with zero attached hydrogens (tertiary/aromatic N) is 1. The van der Waals surface area contributed by atoms with Crippen LogP contribution in [0.5, 0.6) is 0 Å². The second kappa shape index (κ2) is 22.0. The van der Waals surface area contributed by atoms with Crippen LogP contribution in [0.4, 0.5) is 0 Å². The zero-order valence-corrected chi connectivity index (χ0v) is 24.8. The van der Waals surface area contributed by atoms with Crippen LogP contribution in [-0.2, 0) is 14.4 Å². The van der Waals surface area contributed by atoms with Gasteiger partial charge in [-0.25, -0.2) is 0 Å². The third-order valence-electron chi connectivity index (χ3n) is 7.99. The molecule has 3 N–H and O–H groups in total. The van der Waals surface area contributed by atoms with Crippen molar-refractivity contribution in [1.82, 2.24) is 0 Å². The van der Waals surface area contributed by atoms with Crippen LogP contribution in [0.25, 0.3) is 0 Å². The number of carboxylic acids is 3. The van der Waals surface area contributed by atoms with Crippen LogP contribution >= 0.6 is 0 Å². The largest absolute Gasteiger partial charge is 0.481 e. The molecule has 0 rings (SSSR count). The third-order valence-corrected chi connectivity index (χ3v) is 7.99. The third kappa shape index (κ3) is 16.2. The molecule has 0 aliphatic rings. The molecule has 0 amide bonds. The standard InChI is InChI=1S/C31H57NO6/c1-5-9-10-11-12-13-14-15-16-17-18-19-20-21-22-32(23-26(6-2)29(33)34,24-27(7-3)30(35)36)25-28(8-4)31(37)38/h14-15,26-28H,5-13,16-25H2,1-4H3,(H2-,33,34,35,36,37,38)/p+1/b15-14+. The van der Waals surface area contributed by atoms with E-state index in [0.717, 1.165) is 38.5 Å². The summed E-state index contributed by atoms with van der Waals surface area (Å²) in [4.78, 5) is 35.8. The lowest BCUT2D eigenvalue weighted by molar-refractivity contribution is -0.935. The van der Waals surface area contributed by atoms with Crippen LogP contribution in [0.15, 0.2) is 12.2 Å². The minimum absolute atomic E-state index is 0.251. The van der Waals surface area contributed by atoms with E-state index in [2.05, 4.69) is 19.1 Å². The number of hydrogen-bond donors (Lipinski definition) is 3. The smallest absolute Gasteiger partial charge is 0.312 e. The maximum absolute atomic E-state index is 11.9. The van der Waals surface area contributed by atoms with Crippen LogP contribution in [0, 0.1) is 17.8 Å². The average molecular weight is 541 g/mol. The van der Waals surface area contributed by atoms with E-state index in [1.165, 1.54) is 38.5 Å². The van der Waals surface area contributed by atoms with Gasteiger partial charge in [0.1, 0.15) is 17.8 Å². The monoisotopic (exact) mass is 540 g/mol. The Morgan fingerprint density at radius 2 is 0.895 bits per heavy atom. The number of rotatable bonds is 26. The van der Waals surface area contributed by atoms with Gasteiger partial charge in [0.25, 0.3) is 0 Å². The van der Waals surface area contributed by atoms with Crippen molar-refractivity contribution < 1.29 is 34.2 Å². The van der Waals surface area contributed by atoms with Gasteiger partial charge in [-0.3, -0.25) is 14.4 Å². The molecule has 0 aromatic heterocycles. The van der Waals surface area contributed by atoms with E-state index in [-0.39, 0.29) is 24.1 Å². The van der Waals surface area contributed by atoms with E-state index in [9.17, 15) is 29.7 Å². The van der Waals surface area contributed by atoms with Crippen molar-refractivity contribution in [1.29, 1.82) is 0 Å². The maximum atomic E-state index is 11.9. The molecule has 7 heteroatoms. The lowest BCUT2D eigenvalue weighted by Crippen LogP contribution is -2.58. The van der Waals surface area contributed by atoms with E-state index in [1.807, 2.05) is 20.8 Å². The first kappa shape index (κ1) is 36.1. The van der Waals surface area contributed by atoms with Crippen molar-refractivity contribution in [3.05, 3.63) is 12.2 Å². The molecule has 222 valence electrons. The summed E-state index contributed by atoms with van der Waals surface area (Å²) in [7, 11) is 0. The predicted octanol–water partition coefficient (Wildman–Crippen LogP) is 7.39. The molecule has 0 fully saturated rings. The van der Waals surface area contributed by atoms with E-state index in [4.69, 9.17) is 0 Å². The minimum Gasteiger partial charge on any atom is -0.481 e. The van der Waals surface area contributed by atoms with Gasteiger partial charge in [-0.2, -0.15) is 0 Å². The summed E-state index contributed by atoms with van der Waals surface area (Å²) in [6.07, 6.45) is 19.9. The molecule has 0 aromatic rings. The zero-order chi connectivity index (χ0) is 28.8. The molecule has 3 atom stereocenters. The summed E-state index contributed by atoms with van der Waals surface area (Å²) in [6.45, 7) is 9.19. The Hall–Kier alpha value is -1.89. The van der Waals surface area contributed by atoms with Crippen LogP contribution in [0.3, 0.4) is 0 Å². The van der Waals surface area contributed by atoms with E-state index in [0.29, 0.717) is 25.8 Å². The summed E-state index contributed by atoms with van der Waals surface area (Å²) in [5, 5.41) is 29.4. The number of aliphatic carboxylic acids is 3. The molecule has 0 spiro atoms. The highest BCUT2D eigenvalue weighted by Crippen LogP contribution is 2.25. The molecule has 0 saturated heterocycles. The Bertz CT molecular complexity index is 617. The Morgan fingerprint density at radius 3 is 1.24 bits per heavy atom. The number of hydrogen-bond acceptors (Lipinski definition) is 3. The fourth-order valence-electron chi connectivity index (χ4n) is 5.39. The average Bonchev–Trinajstić information content (AvgIpc) is 2.88. The molecule has 0 aliphatic heterocycles. The fourth-order valence-corrected chi connectivity index (χ4v) is 5.39. The summed E-state index contributed by atoms with van der Waals surface area (Å²) < 4.78 is 0.251. The molecule has 0 bridgehead atoms. The number of unbranched alkanes of at least 4 members (excludes halogenated alkanes) is 10. The van der Waals surface area contributed by atoms with Crippen molar-refractivity contribution in [2.45, 2.75) is 124 Å². The molecule has 0 heterocycles. The van der Waals surface area contributed by atoms with E-state index < -0.39 is 35.7 Å². The van der Waals surface area contributed by atoms with Crippen molar-refractivity contribution in [3.8, 4) is 0 Å². The van der Waals surface area contributed by atoms with Gasteiger partial charge in [-0.15, -0.1) is 0 Å². The van der Waals surface area contributed by atoms with E-state index in [1.54, 1.807) is 0 Å². The fraction of sp³-hybridized carbons (Fsp3) is 0.839. The van der Waals surface area contributed by atoms with Gasteiger partial charge in [0, 0.05) is 0 Å². The highest BCUT2D eigenvalue weighted by Gasteiger charge is 2.40. The first-order valence-electron chi connectivity index (χ1n) is 15.3. The predicted molar refractivity (Wildman–Crippen MR) is 154 cm³/mol. The maximum Gasteiger partial charge on any atom is 0.312 e. The van der Waals surface area contributed by atoms with Gasteiger partial charge < -0.3 is 19.8 Å². The zero-order valence-electron chi connectivity index (χ0n) is 24.8. The lowest BCUT2D eigenvalue weighted by Gasteiger charge is -2.43. The molecule has 38 heavy (non-hydrogen) atoms. The minimum atomic E-state index is -0.893. The summed E-state index contributed by atoms with van der Waals surface area (Å²) in [5.41, 5.74) is 0. The normalized spacial score (nSPS) is 15.7. The Morgan fingerprint density at radius 1 is 0.553 bits per heavy atom. The molecule has 0 saturated carbocycles. The van der Waals surface area contributed by atoms with Crippen molar-refractivity contribution in [3.63, 3.8) is 0 Å². The Kier molecular flexibility index (Phi) is 20.9. The number of carboxylic acid groups (broad SMARTS) is 3. The number of allylic oxidation sites excluding steroid dienone is 2. The lowest BCUT2D eigenvalue weighted by atomic mass is 9.95. The second-order valence-electron chi connectivity index (χ2n) is 11.2. The van der Waals surface area contributed by atoms with Gasteiger partial charge in [0.15, 0.2) is 0 Å². The van der Waals surface area contributed by atoms with Gasteiger partial charge in [-0.05, 0) is 57.8 Å². The summed E-state index contributed by atoms with van der Waals surface area (Å²) in [6, 6.07) is 0. The highest BCUT2D eigenvalue weighted by molar-refractivity contribution is 5.71. The van der Waals surface area contributed by atoms with Gasteiger partial charge in [0.05, 0.1) is 26.2 Å². The first-order valence-corrected chi connectivity index (χ1v) is 15.3. The molecule has 0 aromatic carbocycles. The number of carbonyl (C=O) groups is 3. The molecular weight excluding hydrogens is 482 g/mol. The SMILES string of the molecule is CCCCCCC/C=C/CCCCCCC[N+](CC(CC)C(=O)O)(CC(CC)C(=O)O)CC(CC)C(=O)O. The molecule has 0 radical (unpaired) electrons. The van der Waals surface area contributed by atoms with Crippen molar-refractivity contribution in [2.24, 2.45) is 17.8 Å². The quantitative estimate of drug-likeness (QED) is 0.0599. The van der Waals surface area contributed by atoms with Gasteiger partial charge in [0.2, 0.25) is 0 Å². The van der Waals surface area contributed by atoms with Crippen molar-refractivity contribution >= 4 is 17.9 Å². The number of quaternary nitrogens is 1. The van der Waals surface area contributed by atoms with Crippen LogP contribution in [-0.4, -0.2) is 63.9 Å². The Labute approximate surface area is 232 Å². The van der Waals surface area contributed by atoms with E-state index >= 15 is 0 Å². The molecule has 3 unspecified atom stereocenters. The molecule has 0 aliphatic carbocycles. The summed E-state index contributed by atoms with van der Waals surface area (Å²) in [5.74, 6) is -4.54. The van der Waals surface area contributed by atoms with Crippen LogP contribution in [0.1, 0.15) is 124 Å². The van der Waals surface area contributed by atoms with Gasteiger partial charge >= 0.3 is 17.9 Å². The second-order valence-corrected chi connectivity index (χ2v) is 11.2.